The lowest BCUT2D eigenvalue weighted by atomic mass is 10.1. The van der Waals surface area contributed by atoms with Gasteiger partial charge in [0, 0.05) is 19.0 Å². The predicted octanol–water partition coefficient (Wildman–Crippen LogP) is 2.02. The Hall–Kier alpha value is -2.51. The van der Waals surface area contributed by atoms with Crippen molar-refractivity contribution in [2.75, 3.05) is 11.9 Å². The summed E-state index contributed by atoms with van der Waals surface area (Å²) < 4.78 is 32.1. The van der Waals surface area contributed by atoms with Gasteiger partial charge in [-0.1, -0.05) is 5.16 Å². The first kappa shape index (κ1) is 14.9. The van der Waals surface area contributed by atoms with E-state index in [1.807, 2.05) is 0 Å². The zero-order valence-electron chi connectivity index (χ0n) is 11.5. The minimum absolute atomic E-state index is 0.00831. The summed E-state index contributed by atoms with van der Waals surface area (Å²) in [6.07, 6.45) is 0. The summed E-state index contributed by atoms with van der Waals surface area (Å²) in [7, 11) is 0. The molecule has 0 saturated heterocycles. The van der Waals surface area contributed by atoms with Crippen LogP contribution in [-0.2, 0) is 6.54 Å². The molecule has 2 rings (SSSR count). The third-order valence-corrected chi connectivity index (χ3v) is 2.63. The van der Waals surface area contributed by atoms with Crippen LogP contribution in [0.3, 0.4) is 0 Å². The van der Waals surface area contributed by atoms with Gasteiger partial charge in [-0.15, -0.1) is 0 Å². The van der Waals surface area contributed by atoms with Gasteiger partial charge in [-0.05, 0) is 19.1 Å². The number of benzene rings is 1. The number of hydrogen-bond acceptors (Lipinski definition) is 5. The maximum absolute atomic E-state index is 13.7. The number of anilines is 1. The Kier molecular flexibility index (Phi) is 4.46. The van der Waals surface area contributed by atoms with Crippen molar-refractivity contribution in [3.63, 3.8) is 0 Å². The third kappa shape index (κ3) is 3.53. The molecular formula is C13H14F2N4O2. The highest BCUT2D eigenvalue weighted by molar-refractivity contribution is 5.94. The molecule has 1 aromatic carbocycles. The normalized spacial score (nSPS) is 10.5. The van der Waals surface area contributed by atoms with Crippen molar-refractivity contribution in [1.82, 2.24) is 15.5 Å². The molecule has 0 unspecified atom stereocenters. The van der Waals surface area contributed by atoms with Crippen LogP contribution in [0.15, 0.2) is 16.7 Å². The van der Waals surface area contributed by atoms with Gasteiger partial charge in [-0.3, -0.25) is 4.79 Å². The SMILES string of the molecule is CCNc1c(F)cc(C(=O)NCc2noc(C)n2)cc1F. The summed E-state index contributed by atoms with van der Waals surface area (Å²) >= 11 is 0. The van der Waals surface area contributed by atoms with Crippen LogP contribution in [0.25, 0.3) is 0 Å². The van der Waals surface area contributed by atoms with Crippen LogP contribution in [0.1, 0.15) is 29.0 Å². The van der Waals surface area contributed by atoms with Gasteiger partial charge >= 0.3 is 0 Å². The maximum Gasteiger partial charge on any atom is 0.251 e. The molecule has 0 bridgehead atoms. The highest BCUT2D eigenvalue weighted by Gasteiger charge is 2.15. The lowest BCUT2D eigenvalue weighted by Gasteiger charge is -2.09. The lowest BCUT2D eigenvalue weighted by molar-refractivity contribution is 0.0948. The summed E-state index contributed by atoms with van der Waals surface area (Å²) in [6.45, 7) is 3.71. The van der Waals surface area contributed by atoms with Crippen LogP contribution in [-0.4, -0.2) is 22.6 Å². The van der Waals surface area contributed by atoms with E-state index in [0.717, 1.165) is 12.1 Å². The molecule has 0 fully saturated rings. The largest absolute Gasteiger partial charge is 0.381 e. The minimum atomic E-state index is -0.822. The Morgan fingerprint density at radius 2 is 2.00 bits per heavy atom. The summed E-state index contributed by atoms with van der Waals surface area (Å²) in [6, 6.07) is 1.94. The second kappa shape index (κ2) is 6.29. The number of amides is 1. The number of aryl methyl sites for hydroxylation is 1. The maximum atomic E-state index is 13.7. The van der Waals surface area contributed by atoms with Crippen LogP contribution >= 0.6 is 0 Å². The highest BCUT2D eigenvalue weighted by atomic mass is 19.1. The van der Waals surface area contributed by atoms with Crippen molar-refractivity contribution in [2.24, 2.45) is 0 Å². The molecule has 8 heteroatoms. The highest BCUT2D eigenvalue weighted by Crippen LogP contribution is 2.20. The van der Waals surface area contributed by atoms with Crippen molar-refractivity contribution >= 4 is 11.6 Å². The van der Waals surface area contributed by atoms with Gasteiger partial charge in [0.05, 0.1) is 6.54 Å². The molecule has 2 N–H and O–H groups in total. The molecule has 2 aromatic rings. The van der Waals surface area contributed by atoms with E-state index in [4.69, 9.17) is 4.52 Å². The number of rotatable bonds is 5. The molecule has 21 heavy (non-hydrogen) atoms. The number of nitrogens with zero attached hydrogens (tertiary/aromatic N) is 2. The molecule has 0 aliphatic heterocycles. The van der Waals surface area contributed by atoms with Crippen molar-refractivity contribution in [3.8, 4) is 0 Å². The number of carbonyl (C=O) groups is 1. The molecule has 0 spiro atoms. The molecular weight excluding hydrogens is 282 g/mol. The number of carbonyl (C=O) groups excluding carboxylic acids is 1. The summed E-state index contributed by atoms with van der Waals surface area (Å²) in [5.74, 6) is -1.62. The zero-order chi connectivity index (χ0) is 15.4. The first-order chi connectivity index (χ1) is 10.0. The van der Waals surface area contributed by atoms with E-state index >= 15 is 0 Å². The van der Waals surface area contributed by atoms with E-state index < -0.39 is 17.5 Å². The quantitative estimate of drug-likeness (QED) is 0.882. The molecule has 1 heterocycles. The monoisotopic (exact) mass is 296 g/mol. The average molecular weight is 296 g/mol. The summed E-state index contributed by atoms with van der Waals surface area (Å²) in [5, 5.41) is 8.61. The van der Waals surface area contributed by atoms with E-state index in [2.05, 4.69) is 20.8 Å². The predicted molar refractivity (Wildman–Crippen MR) is 70.7 cm³/mol. The van der Waals surface area contributed by atoms with Crippen LogP contribution in [0.2, 0.25) is 0 Å². The van der Waals surface area contributed by atoms with Gasteiger partial charge < -0.3 is 15.2 Å². The van der Waals surface area contributed by atoms with E-state index in [0.29, 0.717) is 12.4 Å². The molecule has 1 aromatic heterocycles. The molecule has 0 saturated carbocycles. The fourth-order valence-electron chi connectivity index (χ4n) is 1.72. The number of nitrogens with one attached hydrogen (secondary N) is 2. The zero-order valence-corrected chi connectivity index (χ0v) is 11.5. The molecule has 6 nitrogen and oxygen atoms in total. The number of aromatic nitrogens is 2. The first-order valence-electron chi connectivity index (χ1n) is 6.31. The van der Waals surface area contributed by atoms with E-state index in [-0.39, 0.29) is 23.6 Å². The van der Waals surface area contributed by atoms with Gasteiger partial charge in [0.25, 0.3) is 5.91 Å². The molecule has 0 radical (unpaired) electrons. The molecule has 0 atom stereocenters. The van der Waals surface area contributed by atoms with Gasteiger partial charge in [0.15, 0.2) is 5.82 Å². The summed E-state index contributed by atoms with van der Waals surface area (Å²) in [5.41, 5.74) is -0.366. The Bertz CT molecular complexity index is 634. The Balaban J connectivity index is 2.08. The van der Waals surface area contributed by atoms with E-state index in [1.165, 1.54) is 0 Å². The average Bonchev–Trinajstić information content (AvgIpc) is 2.85. The summed E-state index contributed by atoms with van der Waals surface area (Å²) in [4.78, 5) is 15.7. The Labute approximate surface area is 119 Å². The van der Waals surface area contributed by atoms with Crippen LogP contribution in [0.5, 0.6) is 0 Å². The van der Waals surface area contributed by atoms with Crippen molar-refractivity contribution in [3.05, 3.63) is 41.0 Å². The van der Waals surface area contributed by atoms with Gasteiger partial charge in [0.1, 0.15) is 17.3 Å². The minimum Gasteiger partial charge on any atom is -0.381 e. The number of hydrogen-bond donors (Lipinski definition) is 2. The standard InChI is InChI=1S/C13H14F2N4O2/c1-3-16-12-9(14)4-8(5-10(12)15)13(20)17-6-11-18-7(2)21-19-11/h4-5,16H,3,6H2,1-2H3,(H,17,20). The van der Waals surface area contributed by atoms with Crippen molar-refractivity contribution < 1.29 is 18.1 Å². The van der Waals surface area contributed by atoms with Crippen LogP contribution in [0, 0.1) is 18.6 Å². The number of halogens is 2. The third-order valence-electron chi connectivity index (χ3n) is 2.63. The van der Waals surface area contributed by atoms with E-state index in [1.54, 1.807) is 13.8 Å². The van der Waals surface area contributed by atoms with Crippen LogP contribution in [0.4, 0.5) is 14.5 Å². The Morgan fingerprint density at radius 1 is 1.33 bits per heavy atom. The van der Waals surface area contributed by atoms with Gasteiger partial charge in [-0.2, -0.15) is 4.98 Å². The van der Waals surface area contributed by atoms with Gasteiger partial charge in [0.2, 0.25) is 5.89 Å². The molecule has 0 aliphatic rings. The first-order valence-corrected chi connectivity index (χ1v) is 6.31. The second-order valence-electron chi connectivity index (χ2n) is 4.26. The van der Waals surface area contributed by atoms with E-state index in [9.17, 15) is 13.6 Å². The van der Waals surface area contributed by atoms with Crippen molar-refractivity contribution in [2.45, 2.75) is 20.4 Å². The fraction of sp³-hybridized carbons (Fsp3) is 0.308. The fourth-order valence-corrected chi connectivity index (χ4v) is 1.72. The van der Waals surface area contributed by atoms with Crippen molar-refractivity contribution in [1.29, 1.82) is 0 Å². The molecule has 1 amide bonds. The second-order valence-corrected chi connectivity index (χ2v) is 4.26. The van der Waals surface area contributed by atoms with Crippen LogP contribution < -0.4 is 10.6 Å². The van der Waals surface area contributed by atoms with Gasteiger partial charge in [-0.25, -0.2) is 8.78 Å². The molecule has 112 valence electrons. The smallest absolute Gasteiger partial charge is 0.251 e. The Morgan fingerprint density at radius 3 is 2.52 bits per heavy atom. The molecule has 0 aliphatic carbocycles. The topological polar surface area (TPSA) is 80.0 Å². The lowest BCUT2D eigenvalue weighted by Crippen LogP contribution is -2.24.